The molecular weight excluding hydrogens is 321 g/mol. The van der Waals surface area contributed by atoms with Gasteiger partial charge in [-0.2, -0.15) is 0 Å². The number of nitrogens with zero attached hydrogens (tertiary/aromatic N) is 3. The number of aromatic nitrogens is 3. The van der Waals surface area contributed by atoms with Gasteiger partial charge >= 0.3 is 5.97 Å². The monoisotopic (exact) mass is 332 g/mol. The minimum atomic E-state index is -0.892. The number of halogens is 1. The number of hydrogen-bond donors (Lipinski definition) is 1. The largest absolute Gasteiger partial charge is 0.481 e. The van der Waals surface area contributed by atoms with Crippen LogP contribution in [0.2, 0.25) is 5.02 Å². The number of aliphatic carboxylic acids is 1. The number of carbonyl (C=O) groups is 1. The second kappa shape index (κ2) is 8.60. The van der Waals surface area contributed by atoms with Gasteiger partial charge in [-0.1, -0.05) is 29.4 Å². The van der Waals surface area contributed by atoms with E-state index in [1.807, 2.05) is 16.7 Å². The van der Waals surface area contributed by atoms with Crippen molar-refractivity contribution in [3.8, 4) is 11.4 Å². The van der Waals surface area contributed by atoms with E-state index in [4.69, 9.17) is 16.7 Å². The van der Waals surface area contributed by atoms with Gasteiger partial charge in [0.25, 0.3) is 0 Å². The number of carboxylic acids is 1. The van der Waals surface area contributed by atoms with Gasteiger partial charge < -0.3 is 5.11 Å². The van der Waals surface area contributed by atoms with Crippen LogP contribution in [0, 0.1) is 0 Å². The fourth-order valence-corrected chi connectivity index (χ4v) is 2.42. The summed E-state index contributed by atoms with van der Waals surface area (Å²) in [5.74, 6) is -0.291. The summed E-state index contributed by atoms with van der Waals surface area (Å²) in [6, 6.07) is 7.23. The topological polar surface area (TPSA) is 68.0 Å². The molecule has 0 unspecified atom stereocenters. The maximum Gasteiger partial charge on any atom is 0.313 e. The molecule has 1 aromatic carbocycles. The van der Waals surface area contributed by atoms with Crippen LogP contribution in [0.5, 0.6) is 0 Å². The maximum atomic E-state index is 10.6. The van der Waals surface area contributed by atoms with Crippen LogP contribution in [0.3, 0.4) is 0 Å². The zero-order valence-electron chi connectivity index (χ0n) is 11.5. The molecule has 0 aliphatic rings. The van der Waals surface area contributed by atoms with Gasteiger partial charge in [0.2, 0.25) is 0 Å². The van der Waals surface area contributed by atoms with E-state index >= 15 is 0 Å². The summed E-state index contributed by atoms with van der Waals surface area (Å²) in [5, 5.41) is 18.1. The van der Waals surface area contributed by atoms with Crippen LogP contribution in [-0.2, 0) is 11.3 Å². The quantitative estimate of drug-likeness (QED) is 0.500. The summed E-state index contributed by atoms with van der Waals surface area (Å²) in [5.41, 5.74) is 0.867. The Morgan fingerprint density at radius 1 is 1.38 bits per heavy atom. The molecule has 105 valence electrons. The summed E-state index contributed by atoms with van der Waals surface area (Å²) in [4.78, 5) is 10.6. The summed E-state index contributed by atoms with van der Waals surface area (Å²) in [6.45, 7) is 4.20. The van der Waals surface area contributed by atoms with E-state index in [2.05, 4.69) is 16.8 Å². The maximum absolute atomic E-state index is 10.6. The van der Waals surface area contributed by atoms with E-state index in [-0.39, 0.29) is 35.3 Å². The van der Waals surface area contributed by atoms with Crippen molar-refractivity contribution in [2.75, 3.05) is 5.75 Å². The standard InChI is InChI=1S/C13H12ClN3O2S.Na/c1-2-7-17-12(9-3-5-10(14)6-4-9)15-16-13(17)20-8-11(18)19;/h2-6H,1,7-8H2,(H,18,19);. The molecule has 0 amide bonds. The van der Waals surface area contributed by atoms with Gasteiger partial charge in [-0.3, -0.25) is 9.36 Å². The minimum absolute atomic E-state index is 0. The Bertz CT molecular complexity index is 631. The smallest absolute Gasteiger partial charge is 0.313 e. The molecule has 8 heteroatoms. The zero-order valence-corrected chi connectivity index (χ0v) is 15.1. The van der Waals surface area contributed by atoms with Crippen molar-refractivity contribution in [2.45, 2.75) is 11.7 Å². The van der Waals surface area contributed by atoms with E-state index < -0.39 is 5.97 Å². The summed E-state index contributed by atoms with van der Waals surface area (Å²) >= 11 is 6.99. The molecule has 0 aliphatic heterocycles. The molecule has 2 rings (SSSR count). The normalized spacial score (nSPS) is 9.95. The van der Waals surface area contributed by atoms with Crippen molar-refractivity contribution in [2.24, 2.45) is 0 Å². The van der Waals surface area contributed by atoms with Gasteiger partial charge in [-0.15, -0.1) is 16.8 Å². The summed E-state index contributed by atoms with van der Waals surface area (Å²) in [6.07, 6.45) is 1.72. The molecule has 1 radical (unpaired) electrons. The summed E-state index contributed by atoms with van der Waals surface area (Å²) in [7, 11) is 0. The fourth-order valence-electron chi connectivity index (χ4n) is 1.63. The van der Waals surface area contributed by atoms with Gasteiger partial charge in [-0.25, -0.2) is 0 Å². The van der Waals surface area contributed by atoms with Gasteiger partial charge in [-0.05, 0) is 24.3 Å². The molecule has 1 N–H and O–H groups in total. The van der Waals surface area contributed by atoms with Crippen LogP contribution >= 0.6 is 23.4 Å². The first-order valence-corrected chi connectivity index (χ1v) is 7.13. The van der Waals surface area contributed by atoms with Crippen LogP contribution in [0.15, 0.2) is 42.1 Å². The molecule has 0 aliphatic carbocycles. The van der Waals surface area contributed by atoms with Crippen molar-refractivity contribution >= 4 is 58.9 Å². The molecule has 1 heterocycles. The third-order valence-electron chi connectivity index (χ3n) is 2.46. The molecule has 5 nitrogen and oxygen atoms in total. The van der Waals surface area contributed by atoms with E-state index in [0.29, 0.717) is 22.5 Å². The molecule has 0 saturated carbocycles. The minimum Gasteiger partial charge on any atom is -0.481 e. The van der Waals surface area contributed by atoms with Gasteiger partial charge in [0.05, 0.1) is 5.75 Å². The number of hydrogen-bond acceptors (Lipinski definition) is 4. The van der Waals surface area contributed by atoms with Crippen LogP contribution in [-0.4, -0.2) is 61.2 Å². The van der Waals surface area contributed by atoms with Crippen molar-refractivity contribution in [1.29, 1.82) is 0 Å². The van der Waals surface area contributed by atoms with Crippen molar-refractivity contribution < 1.29 is 9.90 Å². The Balaban J connectivity index is 0.00000220. The predicted molar refractivity (Wildman–Crippen MR) is 84.8 cm³/mol. The van der Waals surface area contributed by atoms with Crippen LogP contribution in [0.1, 0.15) is 0 Å². The average molecular weight is 333 g/mol. The zero-order chi connectivity index (χ0) is 14.5. The molecule has 0 spiro atoms. The second-order valence-corrected chi connectivity index (χ2v) is 5.27. The molecular formula is C13H12ClN3NaO2S. The Morgan fingerprint density at radius 3 is 2.62 bits per heavy atom. The van der Waals surface area contributed by atoms with E-state index in [9.17, 15) is 4.79 Å². The number of benzene rings is 1. The summed E-state index contributed by atoms with van der Waals surface area (Å²) < 4.78 is 1.82. The Morgan fingerprint density at radius 2 is 2.05 bits per heavy atom. The molecule has 2 aromatic rings. The molecule has 1 aromatic heterocycles. The molecule has 0 fully saturated rings. The number of carboxylic acid groups (broad SMARTS) is 1. The fraction of sp³-hybridized carbons (Fsp3) is 0.154. The second-order valence-electron chi connectivity index (χ2n) is 3.89. The van der Waals surface area contributed by atoms with Gasteiger partial charge in [0.1, 0.15) is 0 Å². The van der Waals surface area contributed by atoms with Crippen LogP contribution < -0.4 is 0 Å². The number of allylic oxidation sites excluding steroid dienone is 1. The third-order valence-corrected chi connectivity index (χ3v) is 3.66. The van der Waals surface area contributed by atoms with Gasteiger partial charge in [0, 0.05) is 46.7 Å². The Labute approximate surface area is 153 Å². The van der Waals surface area contributed by atoms with Crippen LogP contribution in [0.25, 0.3) is 11.4 Å². The average Bonchev–Trinajstić information content (AvgIpc) is 2.81. The SMILES string of the molecule is C=CCn1c(SCC(=O)O)nnc1-c1ccc(Cl)cc1.[Na]. The number of thioether (sulfide) groups is 1. The van der Waals surface area contributed by atoms with Crippen LogP contribution in [0.4, 0.5) is 0 Å². The first-order valence-electron chi connectivity index (χ1n) is 5.76. The Hall–Kier alpha value is -0.790. The number of rotatable bonds is 6. The molecule has 0 bridgehead atoms. The Kier molecular flexibility index (Phi) is 7.48. The van der Waals surface area contributed by atoms with Crippen molar-refractivity contribution in [3.05, 3.63) is 41.9 Å². The van der Waals surface area contributed by atoms with E-state index in [1.54, 1.807) is 18.2 Å². The van der Waals surface area contributed by atoms with Crippen molar-refractivity contribution in [3.63, 3.8) is 0 Å². The molecule has 0 atom stereocenters. The van der Waals surface area contributed by atoms with Gasteiger partial charge in [0.15, 0.2) is 11.0 Å². The molecule has 0 saturated heterocycles. The predicted octanol–water partition coefficient (Wildman–Crippen LogP) is 2.58. The van der Waals surface area contributed by atoms with E-state index in [1.165, 1.54) is 0 Å². The first kappa shape index (κ1) is 18.3. The molecule has 21 heavy (non-hydrogen) atoms. The van der Waals surface area contributed by atoms with E-state index in [0.717, 1.165) is 17.3 Å². The van der Waals surface area contributed by atoms with Crippen molar-refractivity contribution in [1.82, 2.24) is 14.8 Å². The third kappa shape index (κ3) is 4.86. The first-order chi connectivity index (χ1) is 9.61.